The molecule has 1 aromatic carbocycles. The summed E-state index contributed by atoms with van der Waals surface area (Å²) in [7, 11) is 0. The van der Waals surface area contributed by atoms with Crippen molar-refractivity contribution in [1.82, 2.24) is 0 Å². The minimum Gasteiger partial charge on any atom is -0.366 e. The van der Waals surface area contributed by atoms with E-state index in [9.17, 15) is 8.78 Å². The van der Waals surface area contributed by atoms with Crippen molar-refractivity contribution >= 4 is 5.69 Å². The summed E-state index contributed by atoms with van der Waals surface area (Å²) in [5.41, 5.74) is 6.60. The predicted molar refractivity (Wildman–Crippen MR) is 78.9 cm³/mol. The average Bonchev–Trinajstić information content (AvgIpc) is 2.68. The fourth-order valence-electron chi connectivity index (χ4n) is 2.80. The fourth-order valence-corrected chi connectivity index (χ4v) is 2.80. The van der Waals surface area contributed by atoms with Crippen molar-refractivity contribution in [3.8, 4) is 0 Å². The van der Waals surface area contributed by atoms with Gasteiger partial charge in [-0.2, -0.15) is 0 Å². The lowest BCUT2D eigenvalue weighted by molar-refractivity contribution is 0.494. The van der Waals surface area contributed by atoms with E-state index in [1.165, 1.54) is 12.1 Å². The molecule has 2 rings (SSSR count). The molecule has 0 aliphatic carbocycles. The first-order chi connectivity index (χ1) is 9.42. The number of benzene rings is 1. The number of halogens is 2. The molecule has 20 heavy (non-hydrogen) atoms. The predicted octanol–water partition coefficient (Wildman–Crippen LogP) is 3.34. The fraction of sp³-hybridized carbons (Fsp3) is 0.625. The van der Waals surface area contributed by atoms with Gasteiger partial charge < -0.3 is 10.6 Å². The third-order valence-corrected chi connectivity index (χ3v) is 4.40. The van der Waals surface area contributed by atoms with Crippen LogP contribution in [0.25, 0.3) is 0 Å². The van der Waals surface area contributed by atoms with Gasteiger partial charge in [-0.05, 0) is 42.4 Å². The maximum atomic E-state index is 14.2. The van der Waals surface area contributed by atoms with Crippen molar-refractivity contribution in [3.63, 3.8) is 0 Å². The molecule has 3 atom stereocenters. The molecule has 3 unspecified atom stereocenters. The molecule has 0 saturated carbocycles. The molecule has 1 aliphatic rings. The molecule has 112 valence electrons. The molecule has 4 heteroatoms. The van der Waals surface area contributed by atoms with Gasteiger partial charge in [-0.15, -0.1) is 0 Å². The van der Waals surface area contributed by atoms with Gasteiger partial charge in [-0.25, -0.2) is 8.78 Å². The van der Waals surface area contributed by atoms with Gasteiger partial charge in [0.1, 0.15) is 17.3 Å². The molecule has 0 bridgehead atoms. The Kier molecular flexibility index (Phi) is 4.63. The number of nitrogens with zero attached hydrogens (tertiary/aromatic N) is 1. The van der Waals surface area contributed by atoms with Crippen LogP contribution in [0.1, 0.15) is 32.8 Å². The summed E-state index contributed by atoms with van der Waals surface area (Å²) in [5, 5.41) is 0. The second kappa shape index (κ2) is 6.08. The highest BCUT2D eigenvalue weighted by molar-refractivity contribution is 5.51. The lowest BCUT2D eigenvalue weighted by Gasteiger charge is -2.21. The number of nitrogens with two attached hydrogens (primary N) is 1. The Bertz CT molecular complexity index is 443. The van der Waals surface area contributed by atoms with Crippen LogP contribution in [0.2, 0.25) is 0 Å². The van der Waals surface area contributed by atoms with E-state index >= 15 is 0 Å². The van der Waals surface area contributed by atoms with Crippen LogP contribution in [0.5, 0.6) is 0 Å². The summed E-state index contributed by atoms with van der Waals surface area (Å²) >= 11 is 0. The topological polar surface area (TPSA) is 29.3 Å². The molecule has 2 nitrogen and oxygen atoms in total. The van der Waals surface area contributed by atoms with Crippen molar-refractivity contribution < 1.29 is 8.78 Å². The summed E-state index contributed by atoms with van der Waals surface area (Å²) in [6.07, 6.45) is 1.31. The van der Waals surface area contributed by atoms with Crippen LogP contribution in [-0.2, 0) is 6.42 Å². The summed E-state index contributed by atoms with van der Waals surface area (Å²) < 4.78 is 28.5. The van der Waals surface area contributed by atoms with E-state index in [4.69, 9.17) is 5.73 Å². The van der Waals surface area contributed by atoms with E-state index < -0.39 is 11.6 Å². The van der Waals surface area contributed by atoms with Gasteiger partial charge in [-0.1, -0.05) is 20.8 Å². The lowest BCUT2D eigenvalue weighted by atomic mass is 10.0. The summed E-state index contributed by atoms with van der Waals surface area (Å²) in [6.45, 7) is 7.63. The van der Waals surface area contributed by atoms with E-state index in [2.05, 4.69) is 13.8 Å². The molecule has 1 heterocycles. The lowest BCUT2D eigenvalue weighted by Crippen LogP contribution is -2.24. The quantitative estimate of drug-likeness (QED) is 0.917. The van der Waals surface area contributed by atoms with Crippen molar-refractivity contribution in [2.75, 3.05) is 18.0 Å². The molecule has 1 saturated heterocycles. The highest BCUT2D eigenvalue weighted by atomic mass is 19.1. The molecule has 1 aromatic rings. The third-order valence-electron chi connectivity index (χ3n) is 4.40. The molecule has 2 N–H and O–H groups in total. The second-order valence-electron chi connectivity index (χ2n) is 6.14. The Morgan fingerprint density at radius 1 is 1.20 bits per heavy atom. The summed E-state index contributed by atoms with van der Waals surface area (Å²) in [4.78, 5) is 1.82. The molecular formula is C16H24F2N2. The number of anilines is 1. The molecule has 0 spiro atoms. The summed E-state index contributed by atoms with van der Waals surface area (Å²) in [5.74, 6) is -0.0156. The first kappa shape index (κ1) is 15.2. The van der Waals surface area contributed by atoms with Crippen molar-refractivity contribution in [3.05, 3.63) is 29.3 Å². The first-order valence-electron chi connectivity index (χ1n) is 7.40. The number of hydrogen-bond donors (Lipinski definition) is 1. The third kappa shape index (κ3) is 3.11. The van der Waals surface area contributed by atoms with E-state index in [-0.39, 0.29) is 11.7 Å². The Balaban J connectivity index is 2.23. The SMILES string of the molecule is CCC(N)Cc1cc(F)c(N2CC(C)C(C)C2)c(F)c1. The highest BCUT2D eigenvalue weighted by Crippen LogP contribution is 2.32. The van der Waals surface area contributed by atoms with Gasteiger partial charge in [0.2, 0.25) is 0 Å². The molecule has 0 radical (unpaired) electrons. The minimum absolute atomic E-state index is 0.0496. The van der Waals surface area contributed by atoms with Crippen LogP contribution >= 0.6 is 0 Å². The zero-order valence-corrected chi connectivity index (χ0v) is 12.5. The van der Waals surface area contributed by atoms with Crippen LogP contribution in [-0.4, -0.2) is 19.1 Å². The van der Waals surface area contributed by atoms with Crippen LogP contribution < -0.4 is 10.6 Å². The Morgan fingerprint density at radius 3 is 2.15 bits per heavy atom. The van der Waals surface area contributed by atoms with Crippen molar-refractivity contribution in [2.24, 2.45) is 17.6 Å². The average molecular weight is 282 g/mol. The van der Waals surface area contributed by atoms with Crippen LogP contribution in [0.15, 0.2) is 12.1 Å². The van der Waals surface area contributed by atoms with Gasteiger partial charge in [-0.3, -0.25) is 0 Å². The minimum atomic E-state index is -0.468. The van der Waals surface area contributed by atoms with E-state index in [0.29, 0.717) is 36.9 Å². The Morgan fingerprint density at radius 2 is 1.70 bits per heavy atom. The van der Waals surface area contributed by atoms with Gasteiger partial charge >= 0.3 is 0 Å². The summed E-state index contributed by atoms with van der Waals surface area (Å²) in [6, 6.07) is 2.81. The monoisotopic (exact) mass is 282 g/mol. The Hall–Kier alpha value is -1.16. The highest BCUT2D eigenvalue weighted by Gasteiger charge is 2.29. The molecule has 0 aromatic heterocycles. The molecule has 0 amide bonds. The maximum absolute atomic E-state index is 14.2. The molecular weight excluding hydrogens is 258 g/mol. The van der Waals surface area contributed by atoms with E-state index in [0.717, 1.165) is 6.42 Å². The zero-order chi connectivity index (χ0) is 14.9. The molecule has 1 aliphatic heterocycles. The standard InChI is InChI=1S/C16H24F2N2/c1-4-13(19)5-12-6-14(17)16(15(18)7-12)20-8-10(2)11(3)9-20/h6-7,10-11,13H,4-5,8-9,19H2,1-3H3. The van der Waals surface area contributed by atoms with Gasteiger partial charge in [0, 0.05) is 19.1 Å². The Labute approximate surface area is 120 Å². The zero-order valence-electron chi connectivity index (χ0n) is 12.5. The smallest absolute Gasteiger partial charge is 0.149 e. The van der Waals surface area contributed by atoms with E-state index in [1.807, 2.05) is 11.8 Å². The van der Waals surface area contributed by atoms with Crippen molar-refractivity contribution in [2.45, 2.75) is 39.7 Å². The first-order valence-corrected chi connectivity index (χ1v) is 7.40. The normalized spacial score (nSPS) is 24.2. The number of rotatable bonds is 4. The molecule has 1 fully saturated rings. The second-order valence-corrected chi connectivity index (χ2v) is 6.14. The van der Waals surface area contributed by atoms with Gasteiger partial charge in [0.25, 0.3) is 0 Å². The number of hydrogen-bond acceptors (Lipinski definition) is 2. The largest absolute Gasteiger partial charge is 0.366 e. The van der Waals surface area contributed by atoms with Crippen molar-refractivity contribution in [1.29, 1.82) is 0 Å². The van der Waals surface area contributed by atoms with Gasteiger partial charge in [0.05, 0.1) is 0 Å². The maximum Gasteiger partial charge on any atom is 0.149 e. The van der Waals surface area contributed by atoms with Crippen LogP contribution in [0.4, 0.5) is 14.5 Å². The van der Waals surface area contributed by atoms with Crippen LogP contribution in [0, 0.1) is 23.5 Å². The van der Waals surface area contributed by atoms with Gasteiger partial charge in [0.15, 0.2) is 0 Å². The van der Waals surface area contributed by atoms with E-state index in [1.54, 1.807) is 0 Å². The van der Waals surface area contributed by atoms with Crippen LogP contribution in [0.3, 0.4) is 0 Å².